The highest BCUT2D eigenvalue weighted by Gasteiger charge is 2.37. The van der Waals surface area contributed by atoms with Gasteiger partial charge in [-0.3, -0.25) is 19.3 Å². The van der Waals surface area contributed by atoms with Gasteiger partial charge in [-0.25, -0.2) is 0 Å². The Bertz CT molecular complexity index is 829. The molecule has 142 valence electrons. The van der Waals surface area contributed by atoms with E-state index in [0.29, 0.717) is 35.4 Å². The van der Waals surface area contributed by atoms with Crippen molar-refractivity contribution in [2.75, 3.05) is 26.4 Å². The van der Waals surface area contributed by atoms with Gasteiger partial charge >= 0.3 is 0 Å². The number of amides is 3. The maximum Gasteiger partial charge on any atom is 0.294 e. The van der Waals surface area contributed by atoms with Crippen LogP contribution < -0.4 is 9.47 Å². The number of fused-ring (bicyclic) bond motifs is 1. The molecule has 3 amide bonds. The third kappa shape index (κ3) is 3.66. The Morgan fingerprint density at radius 1 is 1.22 bits per heavy atom. The molecule has 3 aliphatic heterocycles. The number of nitrogens with zero attached hydrogens (tertiary/aromatic N) is 2. The first-order valence-electron chi connectivity index (χ1n) is 8.94. The molecule has 0 N–H and O–H groups in total. The van der Waals surface area contributed by atoms with E-state index < -0.39 is 11.1 Å². The van der Waals surface area contributed by atoms with Crippen LogP contribution in [0.2, 0.25) is 0 Å². The van der Waals surface area contributed by atoms with Crippen molar-refractivity contribution >= 4 is 34.9 Å². The molecule has 7 nitrogen and oxygen atoms in total. The number of piperidine rings is 1. The number of ether oxygens (including phenoxy) is 2. The number of carbonyl (C=O) groups excluding carboxylic acids is 3. The van der Waals surface area contributed by atoms with E-state index in [-0.39, 0.29) is 19.2 Å². The van der Waals surface area contributed by atoms with Crippen molar-refractivity contribution in [2.45, 2.75) is 19.8 Å². The largest absolute Gasteiger partial charge is 0.454 e. The summed E-state index contributed by atoms with van der Waals surface area (Å²) in [6, 6.07) is 5.32. The predicted molar refractivity (Wildman–Crippen MR) is 100 cm³/mol. The van der Waals surface area contributed by atoms with E-state index in [9.17, 15) is 14.4 Å². The second-order valence-electron chi connectivity index (χ2n) is 6.94. The van der Waals surface area contributed by atoms with Crippen LogP contribution in [0.4, 0.5) is 4.79 Å². The Morgan fingerprint density at radius 2 is 1.96 bits per heavy atom. The number of likely N-dealkylation sites (tertiary alicyclic amines) is 1. The standard InChI is InChI=1S/C19H20N2O5S/c1-12-4-6-20(7-5-12)17(22)10-21-18(23)16(27-19(21)24)9-13-2-3-14-15(8-13)26-11-25-14/h2-3,8-9,12H,4-7,10-11H2,1H3/b16-9+. The molecule has 0 aliphatic carbocycles. The van der Waals surface area contributed by atoms with Crippen molar-refractivity contribution in [3.63, 3.8) is 0 Å². The van der Waals surface area contributed by atoms with Crippen molar-refractivity contribution in [1.82, 2.24) is 9.80 Å². The number of hydrogen-bond acceptors (Lipinski definition) is 6. The van der Waals surface area contributed by atoms with Gasteiger partial charge in [0, 0.05) is 13.1 Å². The molecule has 2 fully saturated rings. The molecule has 0 bridgehead atoms. The SMILES string of the molecule is CC1CCN(C(=O)CN2C(=O)S/C(=C/c3ccc4c(c3)OCO4)C2=O)CC1. The third-order valence-corrected chi connectivity index (χ3v) is 5.91. The van der Waals surface area contributed by atoms with Gasteiger partial charge in [-0.05, 0) is 54.3 Å². The van der Waals surface area contributed by atoms with Gasteiger partial charge < -0.3 is 14.4 Å². The second kappa shape index (κ2) is 7.26. The molecule has 1 aromatic rings. The first-order valence-corrected chi connectivity index (χ1v) is 9.76. The van der Waals surface area contributed by atoms with E-state index in [2.05, 4.69) is 6.92 Å². The average molecular weight is 388 g/mol. The second-order valence-corrected chi connectivity index (χ2v) is 7.94. The zero-order valence-corrected chi connectivity index (χ0v) is 15.8. The van der Waals surface area contributed by atoms with Gasteiger partial charge in [0.05, 0.1) is 4.91 Å². The zero-order chi connectivity index (χ0) is 19.0. The molecule has 0 radical (unpaired) electrons. The molecule has 0 unspecified atom stereocenters. The van der Waals surface area contributed by atoms with E-state index in [4.69, 9.17) is 9.47 Å². The van der Waals surface area contributed by atoms with Gasteiger partial charge in [0.2, 0.25) is 12.7 Å². The Hall–Kier alpha value is -2.48. The first-order chi connectivity index (χ1) is 13.0. The molecule has 0 atom stereocenters. The fourth-order valence-electron chi connectivity index (χ4n) is 3.28. The van der Waals surface area contributed by atoms with E-state index in [1.807, 2.05) is 0 Å². The Balaban J connectivity index is 1.44. The molecular weight excluding hydrogens is 368 g/mol. The van der Waals surface area contributed by atoms with Gasteiger partial charge in [0.25, 0.3) is 11.1 Å². The van der Waals surface area contributed by atoms with E-state index in [1.165, 1.54) is 0 Å². The fraction of sp³-hybridized carbons (Fsp3) is 0.421. The van der Waals surface area contributed by atoms with Crippen molar-refractivity contribution in [2.24, 2.45) is 5.92 Å². The van der Waals surface area contributed by atoms with E-state index >= 15 is 0 Å². The Kier molecular flexibility index (Phi) is 4.82. The van der Waals surface area contributed by atoms with Gasteiger partial charge in [-0.2, -0.15) is 0 Å². The molecule has 3 heterocycles. The molecule has 27 heavy (non-hydrogen) atoms. The molecular formula is C19H20N2O5S. The maximum absolute atomic E-state index is 12.6. The van der Waals surface area contributed by atoms with Crippen LogP contribution in [0.5, 0.6) is 11.5 Å². The normalized spacial score (nSPS) is 21.4. The number of rotatable bonds is 3. The van der Waals surface area contributed by atoms with E-state index in [1.54, 1.807) is 29.2 Å². The summed E-state index contributed by atoms with van der Waals surface area (Å²) in [6.45, 7) is 3.51. The monoisotopic (exact) mass is 388 g/mol. The van der Waals surface area contributed by atoms with Crippen molar-refractivity contribution < 1.29 is 23.9 Å². The van der Waals surface area contributed by atoms with Gasteiger partial charge in [-0.1, -0.05) is 13.0 Å². The average Bonchev–Trinajstić information content (AvgIpc) is 3.22. The minimum atomic E-state index is -0.429. The minimum absolute atomic E-state index is 0.173. The van der Waals surface area contributed by atoms with Crippen LogP contribution in [0, 0.1) is 5.92 Å². The van der Waals surface area contributed by atoms with Crippen molar-refractivity contribution in [3.05, 3.63) is 28.7 Å². The summed E-state index contributed by atoms with van der Waals surface area (Å²) in [7, 11) is 0. The Morgan fingerprint density at radius 3 is 2.74 bits per heavy atom. The summed E-state index contributed by atoms with van der Waals surface area (Å²) in [4.78, 5) is 40.4. The third-order valence-electron chi connectivity index (χ3n) is 5.00. The highest BCUT2D eigenvalue weighted by molar-refractivity contribution is 8.18. The van der Waals surface area contributed by atoms with E-state index in [0.717, 1.165) is 35.1 Å². The fourth-order valence-corrected chi connectivity index (χ4v) is 4.12. The van der Waals surface area contributed by atoms with Crippen LogP contribution in [0.25, 0.3) is 6.08 Å². The lowest BCUT2D eigenvalue weighted by Crippen LogP contribution is -2.45. The molecule has 1 aromatic carbocycles. The molecule has 8 heteroatoms. The predicted octanol–water partition coefficient (Wildman–Crippen LogP) is 2.71. The van der Waals surface area contributed by atoms with Crippen LogP contribution >= 0.6 is 11.8 Å². The van der Waals surface area contributed by atoms with Gasteiger partial charge in [-0.15, -0.1) is 0 Å². The maximum atomic E-state index is 12.6. The van der Waals surface area contributed by atoms with Gasteiger partial charge in [0.1, 0.15) is 6.54 Å². The highest BCUT2D eigenvalue weighted by atomic mass is 32.2. The zero-order valence-electron chi connectivity index (χ0n) is 15.0. The van der Waals surface area contributed by atoms with Crippen LogP contribution in [-0.4, -0.2) is 53.3 Å². The summed E-state index contributed by atoms with van der Waals surface area (Å²) >= 11 is 0.855. The van der Waals surface area contributed by atoms with Gasteiger partial charge in [0.15, 0.2) is 11.5 Å². The summed E-state index contributed by atoms with van der Waals surface area (Å²) in [5.74, 6) is 1.27. The topological polar surface area (TPSA) is 76.2 Å². The van der Waals surface area contributed by atoms with Crippen LogP contribution in [0.1, 0.15) is 25.3 Å². The molecule has 0 spiro atoms. The molecule has 3 aliphatic rings. The first kappa shape index (κ1) is 17.9. The number of thioether (sulfide) groups is 1. The summed E-state index contributed by atoms with van der Waals surface area (Å²) in [6.07, 6.45) is 3.55. The van der Waals surface area contributed by atoms with Crippen molar-refractivity contribution in [1.29, 1.82) is 0 Å². The lowest BCUT2D eigenvalue weighted by atomic mass is 9.99. The van der Waals surface area contributed by atoms with Crippen LogP contribution in [0.15, 0.2) is 23.1 Å². The number of imide groups is 1. The lowest BCUT2D eigenvalue weighted by Gasteiger charge is -2.31. The smallest absolute Gasteiger partial charge is 0.294 e. The highest BCUT2D eigenvalue weighted by Crippen LogP contribution is 2.36. The minimum Gasteiger partial charge on any atom is -0.454 e. The molecule has 2 saturated heterocycles. The number of hydrogen-bond donors (Lipinski definition) is 0. The van der Waals surface area contributed by atoms with Crippen LogP contribution in [-0.2, 0) is 9.59 Å². The summed E-state index contributed by atoms with van der Waals surface area (Å²) in [5, 5.41) is -0.411. The van der Waals surface area contributed by atoms with Crippen LogP contribution in [0.3, 0.4) is 0 Å². The number of benzene rings is 1. The summed E-state index contributed by atoms with van der Waals surface area (Å²) < 4.78 is 10.6. The quantitative estimate of drug-likeness (QED) is 0.741. The molecule has 0 saturated carbocycles. The molecule has 0 aromatic heterocycles. The Labute approximate surface area is 161 Å². The lowest BCUT2D eigenvalue weighted by molar-refractivity contribution is -0.136. The molecule has 4 rings (SSSR count). The number of carbonyl (C=O) groups is 3. The summed E-state index contributed by atoms with van der Waals surface area (Å²) in [5.41, 5.74) is 0.737. The van der Waals surface area contributed by atoms with Crippen molar-refractivity contribution in [3.8, 4) is 11.5 Å².